The third-order valence-electron chi connectivity index (χ3n) is 5.04. The van der Waals surface area contributed by atoms with Gasteiger partial charge in [0.25, 0.3) is 15.9 Å². The molecule has 0 heterocycles. The third kappa shape index (κ3) is 5.46. The van der Waals surface area contributed by atoms with Gasteiger partial charge in [0.15, 0.2) is 0 Å². The number of nitrogens with one attached hydrogen (secondary N) is 1. The molecule has 3 rings (SSSR count). The molecule has 5 nitrogen and oxygen atoms in total. The second-order valence-corrected chi connectivity index (χ2v) is 9.78. The molecule has 3 aromatic carbocycles. The Morgan fingerprint density at radius 3 is 2.26 bits per heavy atom. The molecule has 0 radical (unpaired) electrons. The highest BCUT2D eigenvalue weighted by Crippen LogP contribution is 2.24. The van der Waals surface area contributed by atoms with E-state index in [1.165, 1.54) is 6.07 Å². The largest absolute Gasteiger partial charge is 0.337 e. The zero-order valence-electron chi connectivity index (χ0n) is 17.9. The Labute approximate surface area is 188 Å². The van der Waals surface area contributed by atoms with Crippen molar-refractivity contribution in [1.82, 2.24) is 4.90 Å². The smallest absolute Gasteiger partial charge is 0.262 e. The Morgan fingerprint density at radius 1 is 0.935 bits per heavy atom. The van der Waals surface area contributed by atoms with E-state index in [-0.39, 0.29) is 10.8 Å². The van der Waals surface area contributed by atoms with Gasteiger partial charge in [-0.05, 0) is 73.4 Å². The lowest BCUT2D eigenvalue weighted by molar-refractivity contribution is 0.0785. The lowest BCUT2D eigenvalue weighted by atomic mass is 10.1. The van der Waals surface area contributed by atoms with Crippen molar-refractivity contribution in [2.45, 2.75) is 32.2 Å². The van der Waals surface area contributed by atoms with Crippen LogP contribution in [0.4, 0.5) is 5.69 Å². The van der Waals surface area contributed by atoms with Gasteiger partial charge in [-0.2, -0.15) is 0 Å². The van der Waals surface area contributed by atoms with Crippen molar-refractivity contribution in [1.29, 1.82) is 0 Å². The van der Waals surface area contributed by atoms with Gasteiger partial charge in [0, 0.05) is 24.2 Å². The molecule has 0 atom stereocenters. The second kappa shape index (κ2) is 9.12. The fraction of sp³-hybridized carbons (Fsp3) is 0.208. The molecule has 7 heteroatoms. The molecule has 31 heavy (non-hydrogen) atoms. The summed E-state index contributed by atoms with van der Waals surface area (Å²) in [7, 11) is -2.18. The second-order valence-electron chi connectivity index (χ2n) is 7.69. The normalized spacial score (nSPS) is 11.3. The SMILES string of the molecule is Cc1ccc(C)c(NS(=O)(=O)c2cc(C(=O)N(C)Cc3ccc(Cl)cc3)ccc2C)c1. The number of rotatable bonds is 6. The summed E-state index contributed by atoms with van der Waals surface area (Å²) in [6.45, 7) is 5.84. The number of hydrogen-bond donors (Lipinski definition) is 1. The van der Waals surface area contributed by atoms with Crippen LogP contribution >= 0.6 is 11.6 Å². The van der Waals surface area contributed by atoms with Gasteiger partial charge >= 0.3 is 0 Å². The van der Waals surface area contributed by atoms with Crippen LogP contribution in [-0.4, -0.2) is 26.3 Å². The van der Waals surface area contributed by atoms with Gasteiger partial charge in [0.05, 0.1) is 10.6 Å². The lowest BCUT2D eigenvalue weighted by Crippen LogP contribution is -2.26. The van der Waals surface area contributed by atoms with E-state index in [0.717, 1.165) is 16.7 Å². The first kappa shape index (κ1) is 22.8. The summed E-state index contributed by atoms with van der Waals surface area (Å²) < 4.78 is 28.9. The van der Waals surface area contributed by atoms with Crippen LogP contribution in [0.5, 0.6) is 0 Å². The fourth-order valence-corrected chi connectivity index (χ4v) is 4.74. The number of hydrogen-bond acceptors (Lipinski definition) is 3. The molecule has 1 N–H and O–H groups in total. The summed E-state index contributed by atoms with van der Waals surface area (Å²) in [5.41, 5.74) is 4.10. The average Bonchev–Trinajstić information content (AvgIpc) is 2.72. The Bertz CT molecular complexity index is 1220. The van der Waals surface area contributed by atoms with Crippen molar-refractivity contribution in [2.75, 3.05) is 11.8 Å². The predicted molar refractivity (Wildman–Crippen MR) is 125 cm³/mol. The van der Waals surface area contributed by atoms with Gasteiger partial charge in [-0.15, -0.1) is 0 Å². The summed E-state index contributed by atoms with van der Waals surface area (Å²) in [6, 6.07) is 17.6. The maximum atomic E-state index is 13.1. The van der Waals surface area contributed by atoms with Gasteiger partial charge in [-0.3, -0.25) is 9.52 Å². The number of benzene rings is 3. The van der Waals surface area contributed by atoms with E-state index in [1.54, 1.807) is 49.2 Å². The van der Waals surface area contributed by atoms with Crippen LogP contribution in [0.25, 0.3) is 0 Å². The van der Waals surface area contributed by atoms with E-state index in [2.05, 4.69) is 4.72 Å². The highest BCUT2D eigenvalue weighted by atomic mass is 35.5. The summed E-state index contributed by atoms with van der Waals surface area (Å²) in [5, 5.41) is 0.627. The number of sulfonamides is 1. The summed E-state index contributed by atoms with van der Waals surface area (Å²) >= 11 is 5.91. The molecule has 1 amide bonds. The van der Waals surface area contributed by atoms with Gasteiger partial charge in [-0.25, -0.2) is 8.42 Å². The molecule has 0 aliphatic carbocycles. The highest BCUT2D eigenvalue weighted by Gasteiger charge is 2.21. The maximum Gasteiger partial charge on any atom is 0.262 e. The molecule has 162 valence electrons. The number of aryl methyl sites for hydroxylation is 3. The van der Waals surface area contributed by atoms with Crippen molar-refractivity contribution >= 4 is 33.2 Å². The van der Waals surface area contributed by atoms with Gasteiger partial charge in [0.2, 0.25) is 0 Å². The zero-order valence-corrected chi connectivity index (χ0v) is 19.5. The van der Waals surface area contributed by atoms with Crippen molar-refractivity contribution in [3.63, 3.8) is 0 Å². The van der Waals surface area contributed by atoms with Crippen LogP contribution in [0.15, 0.2) is 65.6 Å². The molecular weight excluding hydrogens is 432 g/mol. The Morgan fingerprint density at radius 2 is 1.58 bits per heavy atom. The zero-order chi connectivity index (χ0) is 22.8. The average molecular weight is 457 g/mol. The summed E-state index contributed by atoms with van der Waals surface area (Å²) in [4.78, 5) is 14.6. The van der Waals surface area contributed by atoms with E-state index < -0.39 is 10.0 Å². The number of anilines is 1. The standard InChI is InChI=1S/C24H25ClN2O3S/c1-16-5-6-17(2)22(13-16)26-31(29,30)23-14-20(10-7-18(23)3)24(28)27(4)15-19-8-11-21(25)12-9-19/h5-14,26H,15H2,1-4H3. The first-order valence-corrected chi connectivity index (χ1v) is 11.6. The molecule has 0 fully saturated rings. The number of carbonyl (C=O) groups excluding carboxylic acids is 1. The third-order valence-corrected chi connectivity index (χ3v) is 6.80. The topological polar surface area (TPSA) is 66.5 Å². The van der Waals surface area contributed by atoms with E-state index in [0.29, 0.717) is 28.4 Å². The van der Waals surface area contributed by atoms with Crippen molar-refractivity contribution in [2.24, 2.45) is 0 Å². The van der Waals surface area contributed by atoms with Gasteiger partial charge in [0.1, 0.15) is 0 Å². The summed E-state index contributed by atoms with van der Waals surface area (Å²) in [6.07, 6.45) is 0. The van der Waals surface area contributed by atoms with E-state index in [1.807, 2.05) is 38.1 Å². The Balaban J connectivity index is 1.87. The molecule has 0 aromatic heterocycles. The van der Waals surface area contributed by atoms with Crippen LogP contribution in [-0.2, 0) is 16.6 Å². The minimum atomic E-state index is -3.86. The molecule has 0 aliphatic heterocycles. The van der Waals surface area contributed by atoms with Crippen LogP contribution in [0.3, 0.4) is 0 Å². The molecule has 0 spiro atoms. The Kier molecular flexibility index (Phi) is 6.72. The number of nitrogens with zero attached hydrogens (tertiary/aromatic N) is 1. The summed E-state index contributed by atoms with van der Waals surface area (Å²) in [5.74, 6) is -0.266. The molecule has 0 aliphatic rings. The van der Waals surface area contributed by atoms with Crippen molar-refractivity contribution in [3.05, 3.63) is 93.5 Å². The van der Waals surface area contributed by atoms with Crippen molar-refractivity contribution < 1.29 is 13.2 Å². The van der Waals surface area contributed by atoms with Crippen LogP contribution in [0.1, 0.15) is 32.6 Å². The van der Waals surface area contributed by atoms with Crippen molar-refractivity contribution in [3.8, 4) is 0 Å². The fourth-order valence-electron chi connectivity index (χ4n) is 3.22. The maximum absolute atomic E-state index is 13.1. The molecule has 3 aromatic rings. The Hall–Kier alpha value is -2.83. The minimum absolute atomic E-state index is 0.0825. The van der Waals surface area contributed by atoms with Crippen LogP contribution in [0, 0.1) is 20.8 Å². The lowest BCUT2D eigenvalue weighted by Gasteiger charge is -2.19. The monoisotopic (exact) mass is 456 g/mol. The number of carbonyl (C=O) groups is 1. The van der Waals surface area contributed by atoms with E-state index >= 15 is 0 Å². The molecule has 0 saturated carbocycles. The minimum Gasteiger partial charge on any atom is -0.337 e. The molecule has 0 saturated heterocycles. The first-order valence-electron chi connectivity index (χ1n) is 9.77. The highest BCUT2D eigenvalue weighted by molar-refractivity contribution is 7.92. The number of halogens is 1. The quantitative estimate of drug-likeness (QED) is 0.544. The molecule has 0 unspecified atom stereocenters. The first-order chi connectivity index (χ1) is 14.6. The van der Waals surface area contributed by atoms with Gasteiger partial charge < -0.3 is 4.90 Å². The van der Waals surface area contributed by atoms with Crippen LogP contribution < -0.4 is 4.72 Å². The molecular formula is C24H25ClN2O3S. The number of amides is 1. The van der Waals surface area contributed by atoms with Gasteiger partial charge in [-0.1, -0.05) is 41.9 Å². The van der Waals surface area contributed by atoms with E-state index in [4.69, 9.17) is 11.6 Å². The van der Waals surface area contributed by atoms with Crippen LogP contribution in [0.2, 0.25) is 5.02 Å². The predicted octanol–water partition coefficient (Wildman–Crippen LogP) is 5.34. The molecule has 0 bridgehead atoms. The van der Waals surface area contributed by atoms with E-state index in [9.17, 15) is 13.2 Å².